The minimum absolute atomic E-state index is 0.376. The van der Waals surface area contributed by atoms with Crippen LogP contribution in [0.4, 0.5) is 0 Å². The van der Waals surface area contributed by atoms with Crippen LogP contribution < -0.4 is 0 Å². The topological polar surface area (TPSA) is 6.48 Å². The van der Waals surface area contributed by atoms with Gasteiger partial charge in [0, 0.05) is 31.2 Å². The molecule has 2 rings (SSSR count). The van der Waals surface area contributed by atoms with E-state index in [4.69, 9.17) is 0 Å². The molecular formula is C10H20N2. The molecule has 1 unspecified atom stereocenters. The Balaban J connectivity index is 2.07. The summed E-state index contributed by atoms with van der Waals surface area (Å²) >= 11 is 0. The molecular weight excluding hydrogens is 148 g/mol. The summed E-state index contributed by atoms with van der Waals surface area (Å²) in [5.41, 5.74) is 0.376. The Hall–Kier alpha value is -0.0800. The van der Waals surface area contributed by atoms with Crippen LogP contribution in [0, 0.1) is 0 Å². The van der Waals surface area contributed by atoms with Crippen LogP contribution >= 0.6 is 0 Å². The van der Waals surface area contributed by atoms with Crippen molar-refractivity contribution in [1.29, 1.82) is 0 Å². The van der Waals surface area contributed by atoms with E-state index in [2.05, 4.69) is 30.6 Å². The second-order valence-corrected chi connectivity index (χ2v) is 5.11. The smallest absolute Gasteiger partial charge is 0.0241 e. The summed E-state index contributed by atoms with van der Waals surface area (Å²) in [4.78, 5) is 5.27. The van der Waals surface area contributed by atoms with Crippen molar-refractivity contribution in [2.24, 2.45) is 0 Å². The Morgan fingerprint density at radius 1 is 1.08 bits per heavy atom. The molecule has 12 heavy (non-hydrogen) atoms. The van der Waals surface area contributed by atoms with Crippen molar-refractivity contribution in [3.63, 3.8) is 0 Å². The maximum Gasteiger partial charge on any atom is 0.0241 e. The lowest BCUT2D eigenvalue weighted by atomic mass is 10.0. The summed E-state index contributed by atoms with van der Waals surface area (Å²) in [7, 11) is 0. The van der Waals surface area contributed by atoms with Crippen molar-refractivity contribution >= 4 is 0 Å². The Bertz CT molecular complexity index is 171. The minimum atomic E-state index is 0.376. The molecule has 2 atom stereocenters. The van der Waals surface area contributed by atoms with Crippen LogP contribution in [-0.2, 0) is 0 Å². The van der Waals surface area contributed by atoms with Crippen molar-refractivity contribution in [2.45, 2.75) is 38.8 Å². The van der Waals surface area contributed by atoms with Gasteiger partial charge in [0.2, 0.25) is 0 Å². The van der Waals surface area contributed by atoms with E-state index in [0.29, 0.717) is 5.54 Å². The van der Waals surface area contributed by atoms with Crippen molar-refractivity contribution in [3.8, 4) is 0 Å². The molecule has 2 aliphatic rings. The van der Waals surface area contributed by atoms with Crippen LogP contribution in [0.25, 0.3) is 0 Å². The predicted octanol–water partition coefficient (Wildman–Crippen LogP) is 1.17. The molecule has 0 spiro atoms. The molecule has 2 nitrogen and oxygen atoms in total. The van der Waals surface area contributed by atoms with Crippen LogP contribution in [0.15, 0.2) is 0 Å². The largest absolute Gasteiger partial charge is 0.300 e. The first-order valence-corrected chi connectivity index (χ1v) is 5.06. The Morgan fingerprint density at radius 2 is 1.83 bits per heavy atom. The highest BCUT2D eigenvalue weighted by Gasteiger charge is 2.37. The molecule has 2 aliphatic heterocycles. The summed E-state index contributed by atoms with van der Waals surface area (Å²) in [6, 6.07) is 0.846. The molecule has 0 aromatic rings. The van der Waals surface area contributed by atoms with E-state index in [1.165, 1.54) is 32.6 Å². The molecule has 0 aliphatic carbocycles. The fourth-order valence-electron chi connectivity index (χ4n) is 2.58. The van der Waals surface area contributed by atoms with E-state index in [9.17, 15) is 0 Å². The lowest BCUT2D eigenvalue weighted by Gasteiger charge is -2.43. The first kappa shape index (κ1) is 8.52. The summed E-state index contributed by atoms with van der Waals surface area (Å²) < 4.78 is 0. The van der Waals surface area contributed by atoms with E-state index >= 15 is 0 Å². The normalized spacial score (nSPS) is 37.2. The van der Waals surface area contributed by atoms with Gasteiger partial charge in [-0.2, -0.15) is 0 Å². The highest BCUT2D eigenvalue weighted by molar-refractivity contribution is 4.93. The molecule has 2 heterocycles. The van der Waals surface area contributed by atoms with Crippen LogP contribution in [0.3, 0.4) is 0 Å². The molecule has 2 bridgehead atoms. The maximum absolute atomic E-state index is 2.68. The number of hydrogen-bond acceptors (Lipinski definition) is 2. The number of nitrogens with zero attached hydrogens (tertiary/aromatic N) is 2. The van der Waals surface area contributed by atoms with Crippen molar-refractivity contribution in [3.05, 3.63) is 0 Å². The Morgan fingerprint density at radius 3 is 2.50 bits per heavy atom. The van der Waals surface area contributed by atoms with Gasteiger partial charge < -0.3 is 4.90 Å². The highest BCUT2D eigenvalue weighted by atomic mass is 15.3. The Kier molecular flexibility index (Phi) is 1.92. The van der Waals surface area contributed by atoms with E-state index in [1.54, 1.807) is 0 Å². The quantitative estimate of drug-likeness (QED) is 0.536. The van der Waals surface area contributed by atoms with Gasteiger partial charge in [-0.05, 0) is 33.7 Å². The van der Waals surface area contributed by atoms with Gasteiger partial charge >= 0.3 is 0 Å². The first-order valence-electron chi connectivity index (χ1n) is 5.06. The van der Waals surface area contributed by atoms with Gasteiger partial charge in [-0.3, -0.25) is 4.90 Å². The molecule has 2 saturated heterocycles. The first-order chi connectivity index (χ1) is 5.57. The lowest BCUT2D eigenvalue weighted by Crippen LogP contribution is -2.54. The third-order valence-corrected chi connectivity index (χ3v) is 3.21. The average molecular weight is 168 g/mol. The number of rotatable bonds is 0. The Labute approximate surface area is 75.5 Å². The maximum atomic E-state index is 2.68. The standard InChI is InChI=1S/C10H20N2/c1-10(2,3)12-7-6-11-5-4-9(12)8-11/h9H,4-8H2,1-3H3/t9-/m0/s1. The monoisotopic (exact) mass is 168 g/mol. The predicted molar refractivity (Wildman–Crippen MR) is 51.3 cm³/mol. The second kappa shape index (κ2) is 2.71. The van der Waals surface area contributed by atoms with E-state index in [0.717, 1.165) is 6.04 Å². The van der Waals surface area contributed by atoms with Crippen LogP contribution in [0.1, 0.15) is 27.2 Å². The molecule has 0 aromatic carbocycles. The lowest BCUT2D eigenvalue weighted by molar-refractivity contribution is 0.0508. The third kappa shape index (κ3) is 1.38. The van der Waals surface area contributed by atoms with Gasteiger partial charge in [0.1, 0.15) is 0 Å². The highest BCUT2D eigenvalue weighted by Crippen LogP contribution is 2.27. The zero-order valence-electron chi connectivity index (χ0n) is 8.51. The molecule has 0 radical (unpaired) electrons. The van der Waals surface area contributed by atoms with Gasteiger partial charge in [0.15, 0.2) is 0 Å². The molecule has 0 saturated carbocycles. The summed E-state index contributed by atoms with van der Waals surface area (Å²) in [5.74, 6) is 0. The number of hydrogen-bond donors (Lipinski definition) is 0. The van der Waals surface area contributed by atoms with Crippen molar-refractivity contribution in [2.75, 3.05) is 26.2 Å². The zero-order chi connectivity index (χ0) is 8.77. The SMILES string of the molecule is CC(C)(C)N1CCN2CC[C@H]1C2. The fourth-order valence-corrected chi connectivity index (χ4v) is 2.58. The van der Waals surface area contributed by atoms with Gasteiger partial charge in [0.05, 0.1) is 0 Å². The van der Waals surface area contributed by atoms with Crippen molar-refractivity contribution < 1.29 is 0 Å². The molecule has 0 amide bonds. The zero-order valence-corrected chi connectivity index (χ0v) is 8.51. The summed E-state index contributed by atoms with van der Waals surface area (Å²) in [6.45, 7) is 12.2. The summed E-state index contributed by atoms with van der Waals surface area (Å²) in [6.07, 6.45) is 1.39. The van der Waals surface area contributed by atoms with Crippen molar-refractivity contribution in [1.82, 2.24) is 9.80 Å². The van der Waals surface area contributed by atoms with E-state index < -0.39 is 0 Å². The van der Waals surface area contributed by atoms with Gasteiger partial charge in [-0.15, -0.1) is 0 Å². The fraction of sp³-hybridized carbons (Fsp3) is 1.00. The van der Waals surface area contributed by atoms with Gasteiger partial charge in [0.25, 0.3) is 0 Å². The molecule has 0 aromatic heterocycles. The van der Waals surface area contributed by atoms with Gasteiger partial charge in [-0.25, -0.2) is 0 Å². The molecule has 70 valence electrons. The number of fused-ring (bicyclic) bond motifs is 2. The second-order valence-electron chi connectivity index (χ2n) is 5.11. The molecule has 2 heteroatoms. The molecule has 0 N–H and O–H groups in total. The van der Waals surface area contributed by atoms with Crippen LogP contribution in [0.2, 0.25) is 0 Å². The van der Waals surface area contributed by atoms with Crippen LogP contribution in [0.5, 0.6) is 0 Å². The van der Waals surface area contributed by atoms with Gasteiger partial charge in [-0.1, -0.05) is 0 Å². The third-order valence-electron chi connectivity index (χ3n) is 3.21. The van der Waals surface area contributed by atoms with E-state index in [-0.39, 0.29) is 0 Å². The minimum Gasteiger partial charge on any atom is -0.300 e. The number of piperazine rings is 1. The average Bonchev–Trinajstić information content (AvgIpc) is 2.30. The molecule has 2 fully saturated rings. The van der Waals surface area contributed by atoms with E-state index in [1.807, 2.05) is 0 Å². The van der Waals surface area contributed by atoms with Crippen LogP contribution in [-0.4, -0.2) is 47.6 Å². The summed E-state index contributed by atoms with van der Waals surface area (Å²) in [5, 5.41) is 0.